The highest BCUT2D eigenvalue weighted by Gasteiger charge is 2.78. The summed E-state index contributed by atoms with van der Waals surface area (Å²) in [7, 11) is 0. The molecule has 16 rings (SSSR count). The number of aliphatic hydroxyl groups excluding tert-OH is 4. The van der Waals surface area contributed by atoms with Crippen LogP contribution in [-0.4, -0.2) is 208 Å². The van der Waals surface area contributed by atoms with E-state index in [9.17, 15) is 30.3 Å². The van der Waals surface area contributed by atoms with Gasteiger partial charge in [0.05, 0.1) is 135 Å². The van der Waals surface area contributed by atoms with Crippen molar-refractivity contribution in [1.29, 1.82) is 0 Å². The number of rotatable bonds is 4. The molecule has 0 aliphatic carbocycles. The molecule has 0 aromatic rings. The van der Waals surface area contributed by atoms with Crippen molar-refractivity contribution in [2.45, 2.75) is 313 Å². The average Bonchev–Trinajstić information content (AvgIpc) is 4.43. The molecule has 16 aliphatic heterocycles. The number of carbonyl (C=O) groups is 1. The first-order valence-electron chi connectivity index (χ1n) is 31.4. The first kappa shape index (κ1) is 55.8. The molecule has 16 fully saturated rings. The molecular weight excluding hydrogens is 1050 g/mol. The molecule has 3 spiro atoms. The second-order valence-corrected chi connectivity index (χ2v) is 28.3. The average molecular weight is 1140 g/mol. The molecule has 16 heterocycles. The Bertz CT molecular complexity index is 2430. The molecule has 0 aromatic carbocycles. The first-order valence-corrected chi connectivity index (χ1v) is 31.4. The van der Waals surface area contributed by atoms with E-state index in [-0.39, 0.29) is 122 Å². The number of aliphatic hydroxyl groups is 5. The van der Waals surface area contributed by atoms with Gasteiger partial charge in [-0.25, -0.2) is 0 Å². The third kappa shape index (κ3) is 9.29. The van der Waals surface area contributed by atoms with Gasteiger partial charge in [0, 0.05) is 63.2 Å². The Labute approximate surface area is 474 Å². The van der Waals surface area contributed by atoms with Gasteiger partial charge < -0.3 is 91.8 Å². The number of ether oxygens (including phenoxy) is 14. The summed E-state index contributed by atoms with van der Waals surface area (Å²) in [5, 5.41) is 54.4. The van der Waals surface area contributed by atoms with Gasteiger partial charge in [-0.05, 0) is 86.7 Å². The molecule has 0 aromatic heterocycles. The summed E-state index contributed by atoms with van der Waals surface area (Å²) in [6, 6.07) is 0. The molecular formula is C61H88O20. The second-order valence-electron chi connectivity index (χ2n) is 28.3. The van der Waals surface area contributed by atoms with E-state index >= 15 is 0 Å². The summed E-state index contributed by atoms with van der Waals surface area (Å²) in [4.78, 5) is 14.6. The fraction of sp³-hybridized carbons (Fsp3) is 0.918. The lowest BCUT2D eigenvalue weighted by molar-refractivity contribution is -0.347. The Kier molecular flexibility index (Phi) is 14.1. The van der Waals surface area contributed by atoms with Crippen LogP contribution in [0.15, 0.2) is 24.3 Å². The lowest BCUT2D eigenvalue weighted by Crippen LogP contribution is -2.61. The lowest BCUT2D eigenvalue weighted by atomic mass is 9.72. The van der Waals surface area contributed by atoms with E-state index in [2.05, 4.69) is 40.9 Å². The maximum atomic E-state index is 14.6. The molecule has 0 amide bonds. The van der Waals surface area contributed by atoms with Crippen LogP contribution in [0.1, 0.15) is 143 Å². The van der Waals surface area contributed by atoms with Crippen LogP contribution in [0, 0.1) is 29.6 Å². The van der Waals surface area contributed by atoms with Gasteiger partial charge in [0.15, 0.2) is 11.6 Å². The van der Waals surface area contributed by atoms with Gasteiger partial charge in [-0.1, -0.05) is 40.9 Å². The van der Waals surface area contributed by atoms with Crippen molar-refractivity contribution < 1.29 is 96.6 Å². The minimum atomic E-state index is -1.91. The molecule has 16 aliphatic rings. The zero-order valence-corrected chi connectivity index (χ0v) is 47.5. The molecule has 0 radical (unpaired) electrons. The van der Waals surface area contributed by atoms with Crippen LogP contribution in [-0.2, 0) is 71.1 Å². The minimum Gasteiger partial charge on any atom is -0.459 e. The second kappa shape index (κ2) is 20.4. The molecule has 0 saturated carbocycles. The van der Waals surface area contributed by atoms with Crippen molar-refractivity contribution in [3.63, 3.8) is 0 Å². The molecule has 33 atom stereocenters. The van der Waals surface area contributed by atoms with Gasteiger partial charge in [-0.3, -0.25) is 4.79 Å². The molecule has 3 unspecified atom stereocenters. The predicted molar refractivity (Wildman–Crippen MR) is 280 cm³/mol. The molecule has 20 nitrogen and oxygen atoms in total. The van der Waals surface area contributed by atoms with E-state index in [4.69, 9.17) is 66.3 Å². The smallest absolute Gasteiger partial charge is 0.308 e. The number of hydrogen-bond donors (Lipinski definition) is 5. The lowest BCUT2D eigenvalue weighted by Gasteiger charge is -2.50. The Morgan fingerprint density at radius 2 is 1.30 bits per heavy atom. The van der Waals surface area contributed by atoms with Crippen LogP contribution in [0.5, 0.6) is 0 Å². The quantitative estimate of drug-likeness (QED) is 0.198. The highest BCUT2D eigenvalue weighted by atomic mass is 16.8. The molecule has 20 heteroatoms. The van der Waals surface area contributed by atoms with Gasteiger partial charge in [0.1, 0.15) is 30.0 Å². The SMILES string of the molecule is C=C1C[C@@H]2CC[C@@]34C[C@@H]5C6O[C@](O)(C(O3)C6O[C@H]3CC[C@H](CC(=O)O[C@@H]6[C@@H](C)[C@@H]7O[C@@H]8C[C@@]9(C[C@@H]%10O[C@]%11(C[C@H](C)[C@@H]%12O[C@H]([C@@H](O)C[C@@H](O)CO)C[C@@H]%12O%11)C[C@H](C)[C@@H]%10O9)O[C@@H]8C[C@@H]7O[C@H]6C[C@H]6O[C@@H](CC[C@@H]1O2)C[C@@H](C)C6=C)O[C@@H]35)[C@H]4O. The van der Waals surface area contributed by atoms with Crippen molar-refractivity contribution in [1.82, 2.24) is 0 Å². The van der Waals surface area contributed by atoms with E-state index in [0.717, 1.165) is 30.4 Å². The number of carbonyl (C=O) groups excluding carboxylic acids is 1. The Hall–Kier alpha value is -1.77. The van der Waals surface area contributed by atoms with Crippen LogP contribution in [0.3, 0.4) is 0 Å². The summed E-state index contributed by atoms with van der Waals surface area (Å²) in [5.41, 5.74) is 0.943. The van der Waals surface area contributed by atoms with E-state index in [1.165, 1.54) is 0 Å². The zero-order valence-electron chi connectivity index (χ0n) is 47.5. The van der Waals surface area contributed by atoms with Crippen LogP contribution in [0.25, 0.3) is 0 Å². The standard InChI is InChI=1S/C61H88O20/c1-26-13-33-7-9-38-27(2)14-35(68-38)11-12-58-22-36-53-39(72-55-54(36)80-61(67,57(58)66)56(55)81-58)10-8-34(70-53)16-48(65)75-52-31(6)51-44(71-43(52)17-40(69-33)30(26)5)19-42-46(74-51)23-60(76-42)24-47-50(79-60)29(4)21-59(78-47)20-28(3)49-45(77-59)18-41(73-49)37(64)15-32(63)25-62/h26,28-29,31-47,49-57,62-64,66-67H,2,5,7-25H2,1,3-4,6H3/t26-,28+,29+,31+,32-,33+,34-,35+,36+,37+,38+,39+,40-,41+,42-,43+,44+,45+,46-,47+,49+,50+,51+,52-,53-,54?,55?,56?,57+,58+,59-,60-,61-/m1/s1. The number of fused-ring (bicyclic) bond motifs is 10. The molecule has 81 heavy (non-hydrogen) atoms. The van der Waals surface area contributed by atoms with E-state index in [1.807, 2.05) is 0 Å². The Morgan fingerprint density at radius 3 is 2.12 bits per heavy atom. The highest BCUT2D eigenvalue weighted by Crippen LogP contribution is 2.62. The van der Waals surface area contributed by atoms with Crippen molar-refractivity contribution in [2.75, 3.05) is 6.61 Å². The monoisotopic (exact) mass is 1140 g/mol. The summed E-state index contributed by atoms with van der Waals surface area (Å²) in [6.45, 7) is 17.3. The molecule has 12 bridgehead atoms. The van der Waals surface area contributed by atoms with Crippen molar-refractivity contribution >= 4 is 5.97 Å². The van der Waals surface area contributed by atoms with Crippen LogP contribution in [0.4, 0.5) is 0 Å². The van der Waals surface area contributed by atoms with Crippen LogP contribution >= 0.6 is 0 Å². The molecule has 16 saturated heterocycles. The summed E-state index contributed by atoms with van der Waals surface area (Å²) in [6.07, 6.45) is -1.76. The van der Waals surface area contributed by atoms with Gasteiger partial charge in [0.2, 0.25) is 5.79 Å². The fourth-order valence-electron chi connectivity index (χ4n) is 18.9. The van der Waals surface area contributed by atoms with E-state index in [0.29, 0.717) is 83.5 Å². The van der Waals surface area contributed by atoms with Crippen LogP contribution in [0.2, 0.25) is 0 Å². The van der Waals surface area contributed by atoms with Gasteiger partial charge >= 0.3 is 5.97 Å². The normalized spacial score (nSPS) is 57.9. The number of esters is 1. The van der Waals surface area contributed by atoms with Crippen LogP contribution < -0.4 is 0 Å². The van der Waals surface area contributed by atoms with Gasteiger partial charge in [-0.15, -0.1) is 0 Å². The Morgan fingerprint density at radius 1 is 0.580 bits per heavy atom. The van der Waals surface area contributed by atoms with E-state index in [1.54, 1.807) is 0 Å². The minimum absolute atomic E-state index is 0.0178. The maximum Gasteiger partial charge on any atom is 0.308 e. The highest BCUT2D eigenvalue weighted by molar-refractivity contribution is 5.70. The van der Waals surface area contributed by atoms with Gasteiger partial charge in [-0.2, -0.15) is 0 Å². The maximum absolute atomic E-state index is 14.6. The number of hydrogen-bond acceptors (Lipinski definition) is 20. The van der Waals surface area contributed by atoms with Crippen molar-refractivity contribution in [2.24, 2.45) is 29.6 Å². The van der Waals surface area contributed by atoms with Crippen molar-refractivity contribution in [3.05, 3.63) is 24.3 Å². The molecule has 452 valence electrons. The largest absolute Gasteiger partial charge is 0.459 e. The topological polar surface area (TPSA) is 247 Å². The fourth-order valence-corrected chi connectivity index (χ4v) is 18.9. The zero-order chi connectivity index (χ0) is 55.8. The van der Waals surface area contributed by atoms with E-state index < -0.39 is 103 Å². The van der Waals surface area contributed by atoms with Crippen molar-refractivity contribution in [3.8, 4) is 0 Å². The molecule has 5 N–H and O–H groups in total. The third-order valence-corrected chi connectivity index (χ3v) is 22.8. The summed E-state index contributed by atoms with van der Waals surface area (Å²) in [5.74, 6) is -4.27. The summed E-state index contributed by atoms with van der Waals surface area (Å²) < 4.78 is 96.0. The van der Waals surface area contributed by atoms with Gasteiger partial charge in [0.25, 0.3) is 0 Å². The third-order valence-electron chi connectivity index (χ3n) is 22.8. The summed E-state index contributed by atoms with van der Waals surface area (Å²) >= 11 is 0. The Balaban J connectivity index is 0.660. The predicted octanol–water partition coefficient (Wildman–Crippen LogP) is 3.88. The first-order chi connectivity index (χ1) is 38.8.